The van der Waals surface area contributed by atoms with Crippen molar-refractivity contribution in [2.24, 2.45) is 0 Å². The number of aryl methyl sites for hydroxylation is 1. The van der Waals surface area contributed by atoms with E-state index in [-0.39, 0.29) is 17.5 Å². The fourth-order valence-electron chi connectivity index (χ4n) is 4.25. The van der Waals surface area contributed by atoms with Gasteiger partial charge in [-0.25, -0.2) is 0 Å². The zero-order valence-electron chi connectivity index (χ0n) is 23.6. The standard InChI is InChI=1S/C35H28ClN3O3S2/c1-23-12-13-27(36)21-30(23)38-35(42)32(25-8-4-2-5-9-25)44-29-16-14-28(15-17-29)37-34(41)31(20-24-18-19-43-22-24)39-33(40)26-10-6-3-7-11-26/h2-22,32H,1H3,(H,37,41)(H,38,42)(H,39,40)/b31-20-. The van der Waals surface area contributed by atoms with Crippen LogP contribution in [0.2, 0.25) is 5.02 Å². The molecule has 0 spiro atoms. The molecule has 1 heterocycles. The summed E-state index contributed by atoms with van der Waals surface area (Å²) in [6, 6.07) is 32.7. The van der Waals surface area contributed by atoms with E-state index < -0.39 is 11.2 Å². The number of hydrogen-bond donors (Lipinski definition) is 3. The van der Waals surface area contributed by atoms with Crippen LogP contribution in [0.5, 0.6) is 0 Å². The van der Waals surface area contributed by atoms with E-state index in [0.717, 1.165) is 21.6 Å². The Morgan fingerprint density at radius 1 is 0.841 bits per heavy atom. The van der Waals surface area contributed by atoms with Crippen LogP contribution < -0.4 is 16.0 Å². The average molecular weight is 638 g/mol. The second-order valence-electron chi connectivity index (χ2n) is 9.77. The van der Waals surface area contributed by atoms with Crippen molar-refractivity contribution in [1.82, 2.24) is 5.32 Å². The van der Waals surface area contributed by atoms with Crippen LogP contribution >= 0.6 is 34.7 Å². The number of rotatable bonds is 10. The lowest BCUT2D eigenvalue weighted by molar-refractivity contribution is -0.116. The average Bonchev–Trinajstić information content (AvgIpc) is 3.56. The van der Waals surface area contributed by atoms with Gasteiger partial charge in [0, 0.05) is 26.9 Å². The number of hydrogen-bond acceptors (Lipinski definition) is 5. The van der Waals surface area contributed by atoms with Crippen molar-refractivity contribution in [2.75, 3.05) is 10.6 Å². The maximum absolute atomic E-state index is 13.5. The lowest BCUT2D eigenvalue weighted by atomic mass is 10.1. The molecule has 1 atom stereocenters. The lowest BCUT2D eigenvalue weighted by Crippen LogP contribution is -2.30. The first-order chi connectivity index (χ1) is 21.4. The van der Waals surface area contributed by atoms with E-state index in [4.69, 9.17) is 11.6 Å². The Morgan fingerprint density at radius 3 is 2.23 bits per heavy atom. The Balaban J connectivity index is 1.31. The Labute approximate surface area is 269 Å². The largest absolute Gasteiger partial charge is 0.325 e. The first-order valence-corrected chi connectivity index (χ1v) is 15.9. The molecule has 0 saturated carbocycles. The van der Waals surface area contributed by atoms with E-state index in [9.17, 15) is 14.4 Å². The summed E-state index contributed by atoms with van der Waals surface area (Å²) in [5, 5.41) is 12.4. The summed E-state index contributed by atoms with van der Waals surface area (Å²) >= 11 is 9.07. The summed E-state index contributed by atoms with van der Waals surface area (Å²) in [4.78, 5) is 40.5. The SMILES string of the molecule is Cc1ccc(Cl)cc1NC(=O)C(Sc1ccc(NC(=O)/C(=C/c2ccsc2)NC(=O)c2ccccc2)cc1)c1ccccc1. The van der Waals surface area contributed by atoms with Gasteiger partial charge in [0.2, 0.25) is 5.91 Å². The molecule has 0 aliphatic carbocycles. The van der Waals surface area contributed by atoms with Gasteiger partial charge in [-0.3, -0.25) is 14.4 Å². The predicted octanol–water partition coefficient (Wildman–Crippen LogP) is 8.59. The van der Waals surface area contributed by atoms with E-state index >= 15 is 0 Å². The number of anilines is 2. The highest BCUT2D eigenvalue weighted by Gasteiger charge is 2.23. The normalized spacial score (nSPS) is 11.8. The molecule has 4 aromatic carbocycles. The van der Waals surface area contributed by atoms with Gasteiger partial charge in [-0.1, -0.05) is 66.2 Å². The zero-order chi connectivity index (χ0) is 30.9. The molecule has 44 heavy (non-hydrogen) atoms. The van der Waals surface area contributed by atoms with Crippen molar-refractivity contribution < 1.29 is 14.4 Å². The maximum atomic E-state index is 13.5. The van der Waals surface area contributed by atoms with Gasteiger partial charge < -0.3 is 16.0 Å². The number of amides is 3. The quantitative estimate of drug-likeness (QED) is 0.106. The third-order valence-corrected chi connectivity index (χ3v) is 8.75. The molecule has 3 amide bonds. The van der Waals surface area contributed by atoms with Crippen molar-refractivity contribution in [1.29, 1.82) is 0 Å². The van der Waals surface area contributed by atoms with Crippen molar-refractivity contribution in [2.45, 2.75) is 17.1 Å². The summed E-state index contributed by atoms with van der Waals surface area (Å²) in [5.74, 6) is -1.02. The minimum absolute atomic E-state index is 0.118. The van der Waals surface area contributed by atoms with E-state index in [1.807, 2.05) is 78.3 Å². The summed E-state index contributed by atoms with van der Waals surface area (Å²) in [6.45, 7) is 1.91. The van der Waals surface area contributed by atoms with Crippen LogP contribution in [-0.4, -0.2) is 17.7 Å². The molecule has 1 aromatic heterocycles. The maximum Gasteiger partial charge on any atom is 0.272 e. The third kappa shape index (κ3) is 8.26. The molecule has 3 N–H and O–H groups in total. The first-order valence-electron chi connectivity index (χ1n) is 13.7. The molecule has 5 aromatic rings. The van der Waals surface area contributed by atoms with Gasteiger partial charge in [-0.05, 0) is 95.0 Å². The summed E-state index contributed by atoms with van der Waals surface area (Å²) < 4.78 is 0. The number of thioether (sulfide) groups is 1. The summed E-state index contributed by atoms with van der Waals surface area (Å²) in [5.41, 5.74) is 4.33. The number of carbonyl (C=O) groups excluding carboxylic acids is 3. The topological polar surface area (TPSA) is 87.3 Å². The van der Waals surface area contributed by atoms with Crippen LogP contribution in [0.25, 0.3) is 6.08 Å². The molecule has 0 fully saturated rings. The summed E-state index contributed by atoms with van der Waals surface area (Å²) in [7, 11) is 0. The Morgan fingerprint density at radius 2 is 1.55 bits per heavy atom. The van der Waals surface area contributed by atoms with Gasteiger partial charge >= 0.3 is 0 Å². The van der Waals surface area contributed by atoms with E-state index in [2.05, 4.69) is 16.0 Å². The second kappa shape index (κ2) is 14.7. The second-order valence-corrected chi connectivity index (χ2v) is 12.2. The molecular weight excluding hydrogens is 610 g/mol. The number of nitrogens with one attached hydrogen (secondary N) is 3. The minimum Gasteiger partial charge on any atom is -0.325 e. The van der Waals surface area contributed by atoms with Crippen LogP contribution in [0.3, 0.4) is 0 Å². The van der Waals surface area contributed by atoms with E-state index in [0.29, 0.717) is 22.0 Å². The number of thiophene rings is 1. The highest BCUT2D eigenvalue weighted by molar-refractivity contribution is 8.00. The van der Waals surface area contributed by atoms with Gasteiger partial charge in [0.25, 0.3) is 11.8 Å². The molecular formula is C35H28ClN3O3S2. The molecule has 0 aliphatic heterocycles. The minimum atomic E-state index is -0.539. The molecule has 6 nitrogen and oxygen atoms in total. The Bertz CT molecular complexity index is 1780. The monoisotopic (exact) mass is 637 g/mol. The molecule has 0 saturated heterocycles. The number of halogens is 1. The van der Waals surface area contributed by atoms with E-state index in [1.165, 1.54) is 23.1 Å². The van der Waals surface area contributed by atoms with Crippen molar-refractivity contribution in [3.8, 4) is 0 Å². The van der Waals surface area contributed by atoms with Crippen LogP contribution in [-0.2, 0) is 9.59 Å². The van der Waals surface area contributed by atoms with Gasteiger partial charge in [-0.2, -0.15) is 11.3 Å². The predicted molar refractivity (Wildman–Crippen MR) is 181 cm³/mol. The molecule has 9 heteroatoms. The van der Waals surface area contributed by atoms with Crippen molar-refractivity contribution in [3.05, 3.63) is 153 Å². The number of carbonyl (C=O) groups is 3. The van der Waals surface area contributed by atoms with Gasteiger partial charge in [-0.15, -0.1) is 11.8 Å². The van der Waals surface area contributed by atoms with Gasteiger partial charge in [0.15, 0.2) is 0 Å². The Hall–Kier alpha value is -4.63. The lowest BCUT2D eigenvalue weighted by Gasteiger charge is -2.18. The fourth-order valence-corrected chi connectivity index (χ4v) is 6.06. The van der Waals surface area contributed by atoms with Gasteiger partial charge in [0.05, 0.1) is 0 Å². The van der Waals surface area contributed by atoms with E-state index in [1.54, 1.807) is 54.6 Å². The molecule has 0 aliphatic rings. The molecule has 1 unspecified atom stereocenters. The summed E-state index contributed by atoms with van der Waals surface area (Å²) in [6.07, 6.45) is 1.64. The Kier molecular flexibility index (Phi) is 10.3. The molecule has 5 rings (SSSR count). The van der Waals surface area contributed by atoms with Crippen LogP contribution in [0.1, 0.15) is 32.3 Å². The van der Waals surface area contributed by atoms with Gasteiger partial charge in [0.1, 0.15) is 10.9 Å². The van der Waals surface area contributed by atoms with Crippen LogP contribution in [0.15, 0.2) is 131 Å². The highest BCUT2D eigenvalue weighted by atomic mass is 35.5. The third-order valence-electron chi connectivity index (χ3n) is 6.55. The first kappa shape index (κ1) is 30.8. The zero-order valence-corrected chi connectivity index (χ0v) is 26.0. The fraction of sp³-hybridized carbons (Fsp3) is 0.0571. The molecule has 0 bridgehead atoms. The number of benzene rings is 4. The molecule has 0 radical (unpaired) electrons. The van der Waals surface area contributed by atoms with Crippen LogP contribution in [0, 0.1) is 6.92 Å². The van der Waals surface area contributed by atoms with Crippen molar-refractivity contribution >= 4 is 69.9 Å². The van der Waals surface area contributed by atoms with Crippen LogP contribution in [0.4, 0.5) is 11.4 Å². The van der Waals surface area contributed by atoms with Crippen molar-refractivity contribution in [3.63, 3.8) is 0 Å². The highest BCUT2D eigenvalue weighted by Crippen LogP contribution is 2.37. The smallest absolute Gasteiger partial charge is 0.272 e. The molecule has 220 valence electrons.